The van der Waals surface area contributed by atoms with Gasteiger partial charge in [0, 0.05) is 16.7 Å². The quantitative estimate of drug-likeness (QED) is 0.561. The maximum absolute atomic E-state index is 13.8. The molecule has 2 amide bonds. The van der Waals surface area contributed by atoms with Gasteiger partial charge in [0.05, 0.1) is 6.54 Å². The molecule has 1 saturated heterocycles. The van der Waals surface area contributed by atoms with Gasteiger partial charge in [-0.3, -0.25) is 9.59 Å². The SMILES string of the molecule is Cc1ccccc1NCC(=O)N1CC2(CC2)C[C@@H]1C(=O)NC(c1ccc(Br)cc1)C(F)(F)F. The first kappa shape index (κ1) is 23.6. The number of amides is 2. The van der Waals surface area contributed by atoms with Crippen LogP contribution in [0.25, 0.3) is 0 Å². The fourth-order valence-corrected chi connectivity index (χ4v) is 4.65. The molecule has 1 unspecified atom stereocenters. The highest BCUT2D eigenvalue weighted by Gasteiger charge is 2.55. The third-order valence-electron chi connectivity index (χ3n) is 6.48. The summed E-state index contributed by atoms with van der Waals surface area (Å²) in [5.41, 5.74) is 1.57. The lowest BCUT2D eigenvalue weighted by atomic mass is 10.0. The number of halogens is 4. The van der Waals surface area contributed by atoms with E-state index in [1.54, 1.807) is 0 Å². The van der Waals surface area contributed by atoms with Crippen molar-refractivity contribution in [3.05, 3.63) is 64.1 Å². The summed E-state index contributed by atoms with van der Waals surface area (Å²) in [4.78, 5) is 27.5. The second-order valence-electron chi connectivity index (χ2n) is 8.94. The second-order valence-corrected chi connectivity index (χ2v) is 9.86. The predicted molar refractivity (Wildman–Crippen MR) is 123 cm³/mol. The topological polar surface area (TPSA) is 61.4 Å². The fourth-order valence-electron chi connectivity index (χ4n) is 4.38. The van der Waals surface area contributed by atoms with Crippen molar-refractivity contribution in [1.29, 1.82) is 0 Å². The molecule has 33 heavy (non-hydrogen) atoms. The molecule has 0 bridgehead atoms. The Morgan fingerprint density at radius 3 is 2.42 bits per heavy atom. The first-order valence-corrected chi connectivity index (χ1v) is 11.6. The first-order chi connectivity index (χ1) is 15.6. The summed E-state index contributed by atoms with van der Waals surface area (Å²) in [6.45, 7) is 2.28. The number of benzene rings is 2. The van der Waals surface area contributed by atoms with Gasteiger partial charge in [-0.1, -0.05) is 46.3 Å². The molecule has 2 N–H and O–H groups in total. The van der Waals surface area contributed by atoms with E-state index < -0.39 is 24.2 Å². The number of hydrogen-bond donors (Lipinski definition) is 2. The summed E-state index contributed by atoms with van der Waals surface area (Å²) in [6, 6.07) is 10.1. The van der Waals surface area contributed by atoms with Crippen LogP contribution in [0.1, 0.15) is 36.4 Å². The third-order valence-corrected chi connectivity index (χ3v) is 7.01. The largest absolute Gasteiger partial charge is 0.412 e. The molecule has 1 saturated carbocycles. The Morgan fingerprint density at radius 2 is 1.82 bits per heavy atom. The number of anilines is 1. The van der Waals surface area contributed by atoms with Crippen molar-refractivity contribution in [2.75, 3.05) is 18.4 Å². The number of rotatable bonds is 6. The van der Waals surface area contributed by atoms with Gasteiger partial charge in [0.25, 0.3) is 0 Å². The van der Waals surface area contributed by atoms with E-state index in [4.69, 9.17) is 0 Å². The van der Waals surface area contributed by atoms with Crippen LogP contribution in [0.5, 0.6) is 0 Å². The van der Waals surface area contributed by atoms with E-state index in [-0.39, 0.29) is 23.4 Å². The van der Waals surface area contributed by atoms with E-state index in [9.17, 15) is 22.8 Å². The van der Waals surface area contributed by atoms with Gasteiger partial charge in [-0.05, 0) is 60.9 Å². The van der Waals surface area contributed by atoms with E-state index in [0.29, 0.717) is 17.4 Å². The molecule has 2 aliphatic rings. The van der Waals surface area contributed by atoms with Crippen LogP contribution >= 0.6 is 15.9 Å². The Labute approximate surface area is 198 Å². The van der Waals surface area contributed by atoms with Crippen LogP contribution in [0.15, 0.2) is 53.0 Å². The minimum Gasteiger partial charge on any atom is -0.376 e. The van der Waals surface area contributed by atoms with E-state index in [2.05, 4.69) is 26.6 Å². The zero-order valence-corrected chi connectivity index (χ0v) is 19.7. The van der Waals surface area contributed by atoms with Gasteiger partial charge < -0.3 is 15.5 Å². The third kappa shape index (κ3) is 5.34. The molecule has 0 radical (unpaired) electrons. The normalized spacial score (nSPS) is 19.9. The molecular formula is C24H25BrF3N3O2. The molecule has 2 fully saturated rings. The Morgan fingerprint density at radius 1 is 1.15 bits per heavy atom. The van der Waals surface area contributed by atoms with Crippen LogP contribution in [-0.4, -0.2) is 42.0 Å². The number of nitrogens with zero attached hydrogens (tertiary/aromatic N) is 1. The van der Waals surface area contributed by atoms with Crippen LogP contribution in [0.4, 0.5) is 18.9 Å². The fraction of sp³-hybridized carbons (Fsp3) is 0.417. The molecule has 2 atom stereocenters. The van der Waals surface area contributed by atoms with Crippen molar-refractivity contribution in [3.63, 3.8) is 0 Å². The highest BCUT2D eigenvalue weighted by atomic mass is 79.9. The Kier molecular flexibility index (Phi) is 6.44. The number of aryl methyl sites for hydroxylation is 1. The first-order valence-electron chi connectivity index (χ1n) is 10.8. The maximum Gasteiger partial charge on any atom is 0.412 e. The lowest BCUT2D eigenvalue weighted by Crippen LogP contribution is -2.50. The van der Waals surface area contributed by atoms with Crippen molar-refractivity contribution in [1.82, 2.24) is 10.2 Å². The number of carbonyl (C=O) groups excluding carboxylic acids is 2. The lowest BCUT2D eigenvalue weighted by Gasteiger charge is -2.28. The van der Waals surface area contributed by atoms with Crippen molar-refractivity contribution >= 4 is 33.4 Å². The average molecular weight is 524 g/mol. The Hall–Kier alpha value is -2.55. The predicted octanol–water partition coefficient (Wildman–Crippen LogP) is 4.97. The molecule has 2 aromatic carbocycles. The van der Waals surface area contributed by atoms with Gasteiger partial charge in [0.1, 0.15) is 6.04 Å². The zero-order valence-electron chi connectivity index (χ0n) is 18.1. The molecule has 176 valence electrons. The summed E-state index contributed by atoms with van der Waals surface area (Å²) in [5, 5.41) is 5.26. The molecule has 2 aromatic rings. The molecule has 1 aliphatic heterocycles. The smallest absolute Gasteiger partial charge is 0.376 e. The summed E-state index contributed by atoms with van der Waals surface area (Å²) in [7, 11) is 0. The van der Waals surface area contributed by atoms with Crippen LogP contribution < -0.4 is 10.6 Å². The van der Waals surface area contributed by atoms with Crippen LogP contribution in [0.2, 0.25) is 0 Å². The summed E-state index contributed by atoms with van der Waals surface area (Å²) in [6.07, 6.45) is -2.52. The van der Waals surface area contributed by atoms with Gasteiger partial charge in [0.15, 0.2) is 6.04 Å². The number of hydrogen-bond acceptors (Lipinski definition) is 3. The van der Waals surface area contributed by atoms with E-state index in [0.717, 1.165) is 24.1 Å². The van der Waals surface area contributed by atoms with E-state index in [1.807, 2.05) is 31.2 Å². The van der Waals surface area contributed by atoms with Gasteiger partial charge in [-0.25, -0.2) is 0 Å². The zero-order chi connectivity index (χ0) is 23.8. The minimum absolute atomic E-state index is 0.0277. The average Bonchev–Trinajstić information content (AvgIpc) is 3.41. The lowest BCUT2D eigenvalue weighted by molar-refractivity contribution is -0.165. The second kappa shape index (κ2) is 9.00. The number of likely N-dealkylation sites (tertiary alicyclic amines) is 1. The molecule has 0 aromatic heterocycles. The Balaban J connectivity index is 1.49. The van der Waals surface area contributed by atoms with Crippen LogP contribution in [0, 0.1) is 12.3 Å². The molecule has 5 nitrogen and oxygen atoms in total. The molecule has 4 rings (SSSR count). The summed E-state index contributed by atoms with van der Waals surface area (Å²) < 4.78 is 42.1. The molecule has 1 aliphatic carbocycles. The highest BCUT2D eigenvalue weighted by Crippen LogP contribution is 2.55. The monoisotopic (exact) mass is 523 g/mol. The van der Waals surface area contributed by atoms with Crippen LogP contribution in [-0.2, 0) is 9.59 Å². The molecule has 1 spiro atoms. The van der Waals surface area contributed by atoms with Crippen molar-refractivity contribution in [2.24, 2.45) is 5.41 Å². The molecule has 9 heteroatoms. The van der Waals surface area contributed by atoms with Crippen molar-refractivity contribution in [2.45, 2.75) is 44.4 Å². The number of carbonyl (C=O) groups is 2. The Bertz CT molecular complexity index is 1040. The molecular weight excluding hydrogens is 499 g/mol. The summed E-state index contributed by atoms with van der Waals surface area (Å²) >= 11 is 3.21. The van der Waals surface area contributed by atoms with Crippen LogP contribution in [0.3, 0.4) is 0 Å². The van der Waals surface area contributed by atoms with Crippen molar-refractivity contribution in [3.8, 4) is 0 Å². The number of nitrogens with one attached hydrogen (secondary N) is 2. The number of para-hydroxylation sites is 1. The van der Waals surface area contributed by atoms with Gasteiger partial charge in [-0.15, -0.1) is 0 Å². The van der Waals surface area contributed by atoms with Gasteiger partial charge >= 0.3 is 6.18 Å². The van der Waals surface area contributed by atoms with Crippen molar-refractivity contribution < 1.29 is 22.8 Å². The molecule has 1 heterocycles. The highest BCUT2D eigenvalue weighted by molar-refractivity contribution is 9.10. The van der Waals surface area contributed by atoms with Gasteiger partial charge in [-0.2, -0.15) is 13.2 Å². The number of alkyl halides is 3. The standard InChI is InChI=1S/C24H25BrF3N3O2/c1-15-4-2-3-5-18(15)29-13-20(32)31-14-23(10-11-23)12-19(31)22(33)30-21(24(26,27)28)16-6-8-17(25)9-7-16/h2-9,19,21,29H,10-14H2,1H3,(H,30,33)/t19-,21?/m1/s1. The summed E-state index contributed by atoms with van der Waals surface area (Å²) in [5.74, 6) is -1.07. The minimum atomic E-state index is -4.67. The van der Waals surface area contributed by atoms with Gasteiger partial charge in [0.2, 0.25) is 11.8 Å². The van der Waals surface area contributed by atoms with E-state index in [1.165, 1.54) is 29.2 Å². The van der Waals surface area contributed by atoms with E-state index >= 15 is 0 Å². The maximum atomic E-state index is 13.8.